The first kappa shape index (κ1) is 15.8. The Morgan fingerprint density at radius 3 is 3.17 bits per heavy atom. The lowest BCUT2D eigenvalue weighted by Gasteiger charge is -2.47. The van der Waals surface area contributed by atoms with E-state index in [2.05, 4.69) is 10.3 Å². The summed E-state index contributed by atoms with van der Waals surface area (Å²) >= 11 is 1.41. The molecule has 3 N–H and O–H groups in total. The van der Waals surface area contributed by atoms with Crippen LogP contribution in [0.4, 0.5) is 5.13 Å². The Balaban J connectivity index is 1.55. The molecule has 7 heteroatoms. The summed E-state index contributed by atoms with van der Waals surface area (Å²) in [5.74, 6) is 0.580. The first-order valence-electron chi connectivity index (χ1n) is 8.16. The number of anilines is 1. The molecule has 1 aliphatic carbocycles. The van der Waals surface area contributed by atoms with Gasteiger partial charge >= 0.3 is 0 Å². The molecule has 2 aromatic rings. The van der Waals surface area contributed by atoms with Crippen molar-refractivity contribution in [3.63, 3.8) is 0 Å². The Kier molecular flexibility index (Phi) is 3.94. The third kappa shape index (κ3) is 2.47. The van der Waals surface area contributed by atoms with Gasteiger partial charge in [0.2, 0.25) is 0 Å². The molecule has 0 radical (unpaired) electrons. The Morgan fingerprint density at radius 1 is 1.54 bits per heavy atom. The van der Waals surface area contributed by atoms with E-state index in [4.69, 9.17) is 15.2 Å². The Hall–Kier alpha value is -1.70. The summed E-state index contributed by atoms with van der Waals surface area (Å²) in [7, 11) is 1.69. The maximum atomic E-state index is 12.7. The summed E-state index contributed by atoms with van der Waals surface area (Å²) in [6.45, 7) is 3.33. The Bertz CT molecular complexity index is 791. The summed E-state index contributed by atoms with van der Waals surface area (Å²) in [5, 5.41) is 3.72. The highest BCUT2D eigenvalue weighted by Crippen LogP contribution is 2.43. The number of hydrogen-bond acceptors (Lipinski definition) is 6. The SMILES string of the molecule is COCC1C(NC(=O)c2cc(C)c3nc(N)sc3c2)C2CCOC21. The van der Waals surface area contributed by atoms with Gasteiger partial charge in [0, 0.05) is 37.2 Å². The Morgan fingerprint density at radius 2 is 2.38 bits per heavy atom. The van der Waals surface area contributed by atoms with E-state index in [1.807, 2.05) is 19.1 Å². The number of fused-ring (bicyclic) bond motifs is 2. The molecule has 6 nitrogen and oxygen atoms in total. The zero-order valence-electron chi connectivity index (χ0n) is 13.7. The predicted molar refractivity (Wildman–Crippen MR) is 93.2 cm³/mol. The fourth-order valence-corrected chi connectivity index (χ4v) is 4.87. The number of rotatable bonds is 4. The molecule has 4 rings (SSSR count). The highest BCUT2D eigenvalue weighted by Gasteiger charge is 2.54. The van der Waals surface area contributed by atoms with Gasteiger partial charge in [-0.05, 0) is 31.0 Å². The van der Waals surface area contributed by atoms with Gasteiger partial charge in [0.15, 0.2) is 5.13 Å². The van der Waals surface area contributed by atoms with E-state index in [9.17, 15) is 4.79 Å². The second-order valence-electron chi connectivity index (χ2n) is 6.60. The van der Waals surface area contributed by atoms with E-state index in [0.29, 0.717) is 23.2 Å². The summed E-state index contributed by atoms with van der Waals surface area (Å²) in [6.07, 6.45) is 1.22. The van der Waals surface area contributed by atoms with E-state index in [0.717, 1.165) is 28.8 Å². The van der Waals surface area contributed by atoms with E-state index < -0.39 is 0 Å². The van der Waals surface area contributed by atoms with Crippen LogP contribution in [0.25, 0.3) is 10.2 Å². The fraction of sp³-hybridized carbons (Fsp3) is 0.529. The number of carbonyl (C=O) groups is 1. The minimum atomic E-state index is -0.0524. The molecule has 1 aromatic heterocycles. The first-order chi connectivity index (χ1) is 11.6. The standard InChI is InChI=1S/C17H21N3O3S/c1-8-5-9(6-12-13(8)20-17(18)24-12)16(21)19-14-10-3-4-23-15(10)11(14)7-22-2/h5-6,10-11,14-15H,3-4,7H2,1-2H3,(H2,18,20)(H,19,21). The number of nitrogens with zero attached hydrogens (tertiary/aromatic N) is 1. The molecule has 4 atom stereocenters. The summed E-state index contributed by atoms with van der Waals surface area (Å²) < 4.78 is 12.0. The van der Waals surface area contributed by atoms with E-state index in [1.54, 1.807) is 7.11 Å². The first-order valence-corrected chi connectivity index (χ1v) is 8.98. The van der Waals surface area contributed by atoms with Gasteiger partial charge in [-0.3, -0.25) is 4.79 Å². The molecular formula is C17H21N3O3S. The van der Waals surface area contributed by atoms with Gasteiger partial charge < -0.3 is 20.5 Å². The van der Waals surface area contributed by atoms with Crippen molar-refractivity contribution in [2.75, 3.05) is 26.1 Å². The van der Waals surface area contributed by atoms with Crippen LogP contribution in [0, 0.1) is 18.8 Å². The van der Waals surface area contributed by atoms with Crippen molar-refractivity contribution in [3.8, 4) is 0 Å². The van der Waals surface area contributed by atoms with Gasteiger partial charge in [0.05, 0.1) is 22.9 Å². The number of nitrogen functional groups attached to an aromatic ring is 1. The van der Waals surface area contributed by atoms with E-state index in [1.165, 1.54) is 11.3 Å². The van der Waals surface area contributed by atoms with Crippen molar-refractivity contribution in [2.45, 2.75) is 25.5 Å². The van der Waals surface area contributed by atoms with Crippen LogP contribution in [0.2, 0.25) is 0 Å². The monoisotopic (exact) mass is 347 g/mol. The molecule has 2 fully saturated rings. The van der Waals surface area contributed by atoms with Gasteiger partial charge in [-0.15, -0.1) is 0 Å². The number of amides is 1. The summed E-state index contributed by atoms with van der Waals surface area (Å²) in [6, 6.07) is 3.87. The van der Waals surface area contributed by atoms with Crippen LogP contribution in [0.3, 0.4) is 0 Å². The molecule has 1 aromatic carbocycles. The molecule has 4 unspecified atom stereocenters. The molecule has 1 aliphatic heterocycles. The maximum Gasteiger partial charge on any atom is 0.251 e. The van der Waals surface area contributed by atoms with Gasteiger partial charge in [-0.1, -0.05) is 11.3 Å². The van der Waals surface area contributed by atoms with Crippen LogP contribution in [-0.2, 0) is 9.47 Å². The minimum Gasteiger partial charge on any atom is -0.384 e. The van der Waals surface area contributed by atoms with Crippen molar-refractivity contribution in [3.05, 3.63) is 23.3 Å². The normalized spacial score (nSPS) is 28.6. The van der Waals surface area contributed by atoms with Crippen molar-refractivity contribution in [1.29, 1.82) is 0 Å². The number of thiazole rings is 1. The second kappa shape index (κ2) is 5.98. The third-order valence-electron chi connectivity index (χ3n) is 5.15. The molecule has 0 bridgehead atoms. The Labute approximate surface area is 144 Å². The zero-order chi connectivity index (χ0) is 16.8. The largest absolute Gasteiger partial charge is 0.384 e. The molecule has 1 amide bonds. The minimum absolute atomic E-state index is 0.0524. The number of carbonyl (C=O) groups excluding carboxylic acids is 1. The van der Waals surface area contributed by atoms with Crippen LogP contribution >= 0.6 is 11.3 Å². The van der Waals surface area contributed by atoms with Crippen LogP contribution in [-0.4, -0.2) is 43.4 Å². The van der Waals surface area contributed by atoms with Crippen molar-refractivity contribution < 1.29 is 14.3 Å². The van der Waals surface area contributed by atoms with Crippen LogP contribution in [0.1, 0.15) is 22.3 Å². The highest BCUT2D eigenvalue weighted by molar-refractivity contribution is 7.22. The fourth-order valence-electron chi connectivity index (χ4n) is 4.01. The second-order valence-corrected chi connectivity index (χ2v) is 7.66. The molecule has 1 saturated heterocycles. The molecule has 0 spiro atoms. The molecule has 1 saturated carbocycles. The molecule has 2 aliphatic rings. The number of aryl methyl sites for hydroxylation is 1. The average Bonchev–Trinajstić information content (AvgIpc) is 3.13. The van der Waals surface area contributed by atoms with E-state index in [-0.39, 0.29) is 24.0 Å². The van der Waals surface area contributed by atoms with E-state index >= 15 is 0 Å². The number of nitrogens with two attached hydrogens (primary N) is 1. The molecule has 24 heavy (non-hydrogen) atoms. The molecule has 2 heterocycles. The third-order valence-corrected chi connectivity index (χ3v) is 5.98. The van der Waals surface area contributed by atoms with Gasteiger partial charge in [-0.2, -0.15) is 0 Å². The lowest BCUT2D eigenvalue weighted by Crippen LogP contribution is -2.62. The molecular weight excluding hydrogens is 326 g/mol. The number of methoxy groups -OCH3 is 1. The number of hydrogen-bond donors (Lipinski definition) is 2. The number of nitrogens with one attached hydrogen (secondary N) is 1. The number of benzene rings is 1. The summed E-state index contributed by atoms with van der Waals surface area (Å²) in [5.41, 5.74) is 8.28. The predicted octanol–water partition coefficient (Wildman–Crippen LogP) is 1.97. The van der Waals surface area contributed by atoms with Crippen LogP contribution in [0.15, 0.2) is 12.1 Å². The van der Waals surface area contributed by atoms with Crippen LogP contribution < -0.4 is 11.1 Å². The topological polar surface area (TPSA) is 86.5 Å². The quantitative estimate of drug-likeness (QED) is 0.883. The lowest BCUT2D eigenvalue weighted by molar-refractivity contribution is -0.0809. The zero-order valence-corrected chi connectivity index (χ0v) is 14.6. The van der Waals surface area contributed by atoms with Crippen molar-refractivity contribution in [1.82, 2.24) is 10.3 Å². The maximum absolute atomic E-state index is 12.7. The highest BCUT2D eigenvalue weighted by atomic mass is 32.1. The number of aromatic nitrogens is 1. The van der Waals surface area contributed by atoms with Crippen molar-refractivity contribution in [2.24, 2.45) is 11.8 Å². The smallest absolute Gasteiger partial charge is 0.251 e. The van der Waals surface area contributed by atoms with Crippen LogP contribution in [0.5, 0.6) is 0 Å². The summed E-state index contributed by atoms with van der Waals surface area (Å²) in [4.78, 5) is 17.1. The molecule has 128 valence electrons. The lowest BCUT2D eigenvalue weighted by atomic mass is 9.67. The average molecular weight is 347 g/mol. The van der Waals surface area contributed by atoms with Gasteiger partial charge in [-0.25, -0.2) is 4.98 Å². The number of ether oxygens (including phenoxy) is 2. The van der Waals surface area contributed by atoms with Crippen molar-refractivity contribution >= 4 is 32.6 Å². The van der Waals surface area contributed by atoms with Gasteiger partial charge in [0.25, 0.3) is 5.91 Å². The van der Waals surface area contributed by atoms with Gasteiger partial charge in [0.1, 0.15) is 0 Å².